The summed E-state index contributed by atoms with van der Waals surface area (Å²) >= 11 is 0. The van der Waals surface area contributed by atoms with Gasteiger partial charge in [0.2, 0.25) is 5.91 Å². The Morgan fingerprint density at radius 1 is 1.33 bits per heavy atom. The fourth-order valence-corrected chi connectivity index (χ4v) is 1.06. The van der Waals surface area contributed by atoms with Gasteiger partial charge in [0.05, 0.1) is 17.7 Å². The van der Waals surface area contributed by atoms with Crippen molar-refractivity contribution in [1.29, 1.82) is 0 Å². The van der Waals surface area contributed by atoms with Crippen LogP contribution in [0.4, 0.5) is 5.69 Å². The van der Waals surface area contributed by atoms with Crippen LogP contribution in [0.25, 0.3) is 0 Å². The van der Waals surface area contributed by atoms with Crippen LogP contribution in [0, 0.1) is 0 Å². The highest BCUT2D eigenvalue weighted by molar-refractivity contribution is 6.03. The lowest BCUT2D eigenvalue weighted by atomic mass is 10.2. The van der Waals surface area contributed by atoms with Crippen molar-refractivity contribution in [3.8, 4) is 0 Å². The number of nitrogens with one attached hydrogen (secondary N) is 1. The molecule has 0 unspecified atom stereocenters. The molecule has 0 saturated carbocycles. The summed E-state index contributed by atoms with van der Waals surface area (Å²) in [5, 5.41) is 11.1. The highest BCUT2D eigenvalue weighted by atomic mass is 16.4. The van der Waals surface area contributed by atoms with E-state index in [0.717, 1.165) is 0 Å². The Balaban J connectivity index is 2.89. The van der Waals surface area contributed by atoms with Crippen molar-refractivity contribution < 1.29 is 19.5 Å². The van der Waals surface area contributed by atoms with Crippen LogP contribution < -0.4 is 5.32 Å². The molecular formula is C10H9NO4. The molecular weight excluding hydrogens is 198 g/mol. The summed E-state index contributed by atoms with van der Waals surface area (Å²) in [6.07, 6.45) is 0.173. The third-order valence-electron chi connectivity index (χ3n) is 1.70. The summed E-state index contributed by atoms with van der Waals surface area (Å²) in [4.78, 5) is 31.8. The van der Waals surface area contributed by atoms with Crippen molar-refractivity contribution >= 4 is 23.9 Å². The molecule has 0 atom stereocenters. The van der Waals surface area contributed by atoms with Crippen molar-refractivity contribution in [2.75, 3.05) is 5.32 Å². The fourth-order valence-electron chi connectivity index (χ4n) is 1.06. The van der Waals surface area contributed by atoms with Gasteiger partial charge in [0.1, 0.15) is 6.29 Å². The number of para-hydroxylation sites is 1. The molecule has 0 spiro atoms. The van der Waals surface area contributed by atoms with E-state index in [1.807, 2.05) is 0 Å². The van der Waals surface area contributed by atoms with Crippen molar-refractivity contribution in [3.05, 3.63) is 29.8 Å². The number of carboxylic acids is 1. The number of carbonyl (C=O) groups excluding carboxylic acids is 2. The van der Waals surface area contributed by atoms with E-state index >= 15 is 0 Å². The second kappa shape index (κ2) is 4.90. The molecule has 0 aliphatic heterocycles. The summed E-state index contributed by atoms with van der Waals surface area (Å²) in [6, 6.07) is 5.99. The number of anilines is 1. The zero-order valence-electron chi connectivity index (χ0n) is 7.77. The molecule has 1 rings (SSSR count). The number of hydrogen-bond acceptors (Lipinski definition) is 3. The predicted octanol–water partition coefficient (Wildman–Crippen LogP) is 0.912. The van der Waals surface area contributed by atoms with Gasteiger partial charge in [-0.25, -0.2) is 4.79 Å². The topological polar surface area (TPSA) is 83.5 Å². The highest BCUT2D eigenvalue weighted by Gasteiger charge is 2.10. The zero-order valence-corrected chi connectivity index (χ0v) is 7.77. The van der Waals surface area contributed by atoms with E-state index in [2.05, 4.69) is 5.32 Å². The molecule has 5 heteroatoms. The first-order valence-electron chi connectivity index (χ1n) is 4.21. The number of aromatic carboxylic acids is 1. The largest absolute Gasteiger partial charge is 0.478 e. The van der Waals surface area contributed by atoms with E-state index in [1.54, 1.807) is 12.1 Å². The number of benzene rings is 1. The molecule has 0 heterocycles. The number of hydrogen-bond donors (Lipinski definition) is 2. The van der Waals surface area contributed by atoms with E-state index in [9.17, 15) is 14.4 Å². The second-order valence-corrected chi connectivity index (χ2v) is 2.77. The maximum absolute atomic E-state index is 11.1. The molecule has 0 bridgehead atoms. The Hall–Kier alpha value is -2.17. The Labute approximate surface area is 85.7 Å². The van der Waals surface area contributed by atoms with Gasteiger partial charge in [-0.1, -0.05) is 12.1 Å². The van der Waals surface area contributed by atoms with Gasteiger partial charge in [-0.05, 0) is 12.1 Å². The standard InChI is InChI=1S/C10H9NO4/c12-6-5-9(13)11-8-4-2-1-3-7(8)10(14)15/h1-4,6H,5H2,(H,11,13)(H,14,15). The molecule has 5 nitrogen and oxygen atoms in total. The molecule has 1 aromatic rings. The molecule has 0 aliphatic carbocycles. The number of rotatable bonds is 4. The van der Waals surface area contributed by atoms with Gasteiger partial charge in [-0.2, -0.15) is 0 Å². The van der Waals surface area contributed by atoms with Crippen molar-refractivity contribution in [3.63, 3.8) is 0 Å². The Morgan fingerprint density at radius 2 is 2.00 bits per heavy atom. The van der Waals surface area contributed by atoms with Gasteiger partial charge in [-0.3, -0.25) is 4.79 Å². The molecule has 0 fully saturated rings. The maximum atomic E-state index is 11.1. The predicted molar refractivity (Wildman–Crippen MR) is 52.7 cm³/mol. The molecule has 0 saturated heterocycles. The summed E-state index contributed by atoms with van der Waals surface area (Å²) in [5.41, 5.74) is 0.189. The first-order valence-corrected chi connectivity index (χ1v) is 4.21. The average Bonchev–Trinajstić information content (AvgIpc) is 2.18. The fraction of sp³-hybridized carbons (Fsp3) is 0.100. The van der Waals surface area contributed by atoms with Crippen LogP contribution in [0.1, 0.15) is 16.8 Å². The molecule has 0 aliphatic rings. The first kappa shape index (κ1) is 10.9. The van der Waals surface area contributed by atoms with Crippen molar-refractivity contribution in [1.82, 2.24) is 0 Å². The molecule has 2 N–H and O–H groups in total. The Bertz CT molecular complexity index is 400. The number of aldehydes is 1. The Morgan fingerprint density at radius 3 is 2.60 bits per heavy atom. The minimum Gasteiger partial charge on any atom is -0.478 e. The summed E-state index contributed by atoms with van der Waals surface area (Å²) < 4.78 is 0. The number of amides is 1. The molecule has 0 radical (unpaired) electrons. The van der Waals surface area contributed by atoms with E-state index in [4.69, 9.17) is 5.11 Å². The number of carbonyl (C=O) groups is 3. The molecule has 15 heavy (non-hydrogen) atoms. The van der Waals surface area contributed by atoms with Crippen LogP contribution in [0.15, 0.2) is 24.3 Å². The van der Waals surface area contributed by atoms with Crippen molar-refractivity contribution in [2.45, 2.75) is 6.42 Å². The first-order chi connectivity index (χ1) is 7.15. The van der Waals surface area contributed by atoms with Crippen LogP contribution in [-0.4, -0.2) is 23.3 Å². The minimum atomic E-state index is -1.13. The normalized spacial score (nSPS) is 9.33. The van der Waals surface area contributed by atoms with E-state index in [1.165, 1.54) is 12.1 Å². The zero-order chi connectivity index (χ0) is 11.3. The van der Waals surface area contributed by atoms with Gasteiger partial charge >= 0.3 is 5.97 Å². The maximum Gasteiger partial charge on any atom is 0.337 e. The van der Waals surface area contributed by atoms with Gasteiger partial charge in [0.25, 0.3) is 0 Å². The SMILES string of the molecule is O=CCC(=O)Nc1ccccc1C(=O)O. The molecule has 78 valence electrons. The monoisotopic (exact) mass is 207 g/mol. The van der Waals surface area contributed by atoms with Crippen LogP contribution in [0.3, 0.4) is 0 Å². The van der Waals surface area contributed by atoms with Gasteiger partial charge < -0.3 is 15.2 Å². The van der Waals surface area contributed by atoms with E-state index in [0.29, 0.717) is 6.29 Å². The lowest BCUT2D eigenvalue weighted by Crippen LogP contribution is -2.14. The average molecular weight is 207 g/mol. The van der Waals surface area contributed by atoms with Gasteiger partial charge in [0, 0.05) is 0 Å². The lowest BCUT2D eigenvalue weighted by molar-refractivity contribution is -0.119. The third-order valence-corrected chi connectivity index (χ3v) is 1.70. The molecule has 1 amide bonds. The van der Waals surface area contributed by atoms with Gasteiger partial charge in [-0.15, -0.1) is 0 Å². The summed E-state index contributed by atoms with van der Waals surface area (Å²) in [7, 11) is 0. The van der Waals surface area contributed by atoms with E-state index in [-0.39, 0.29) is 17.7 Å². The molecule has 1 aromatic carbocycles. The summed E-state index contributed by atoms with van der Waals surface area (Å²) in [6.45, 7) is 0. The third kappa shape index (κ3) is 2.91. The quantitative estimate of drug-likeness (QED) is 0.567. The van der Waals surface area contributed by atoms with Crippen molar-refractivity contribution in [2.24, 2.45) is 0 Å². The second-order valence-electron chi connectivity index (χ2n) is 2.77. The van der Waals surface area contributed by atoms with Crippen LogP contribution in [0.2, 0.25) is 0 Å². The molecule has 0 aromatic heterocycles. The van der Waals surface area contributed by atoms with Crippen LogP contribution in [0.5, 0.6) is 0 Å². The van der Waals surface area contributed by atoms with Gasteiger partial charge in [0.15, 0.2) is 0 Å². The van der Waals surface area contributed by atoms with E-state index < -0.39 is 11.9 Å². The highest BCUT2D eigenvalue weighted by Crippen LogP contribution is 2.14. The van der Waals surface area contributed by atoms with Crippen LogP contribution in [-0.2, 0) is 9.59 Å². The summed E-state index contributed by atoms with van der Waals surface area (Å²) in [5.74, 6) is -1.66. The Kier molecular flexibility index (Phi) is 3.56. The smallest absolute Gasteiger partial charge is 0.337 e. The lowest BCUT2D eigenvalue weighted by Gasteiger charge is -2.05. The minimum absolute atomic E-state index is 0.00301. The van der Waals surface area contributed by atoms with Crippen LogP contribution >= 0.6 is 0 Å². The number of carboxylic acid groups (broad SMARTS) is 1.